The van der Waals surface area contributed by atoms with Gasteiger partial charge in [0.2, 0.25) is 0 Å². The Kier molecular flexibility index (Phi) is 4.43. The fourth-order valence-corrected chi connectivity index (χ4v) is 2.97. The first kappa shape index (κ1) is 13.9. The first-order valence-corrected chi connectivity index (χ1v) is 6.76. The van der Waals surface area contributed by atoms with Crippen LogP contribution in [0.2, 0.25) is 0 Å². The number of aromatic hydroxyl groups is 2. The highest BCUT2D eigenvalue weighted by atomic mass is 16.3. The Hall–Kier alpha value is -1.55. The minimum Gasteiger partial charge on any atom is -0.508 e. The number of hydrogen-bond acceptors (Lipinski definition) is 4. The maximum absolute atomic E-state index is 11.7. The Morgan fingerprint density at radius 2 is 2.05 bits per heavy atom. The summed E-state index contributed by atoms with van der Waals surface area (Å²) in [4.78, 5) is 11.7. The van der Waals surface area contributed by atoms with Crippen LogP contribution in [0, 0.1) is 5.92 Å². The molecular weight excluding hydrogens is 244 g/mol. The molecule has 0 radical (unpaired) electrons. The largest absolute Gasteiger partial charge is 0.508 e. The van der Waals surface area contributed by atoms with E-state index in [-0.39, 0.29) is 29.8 Å². The number of hydrogen-bond donors (Lipinski definition) is 3. The first-order chi connectivity index (χ1) is 9.11. The summed E-state index contributed by atoms with van der Waals surface area (Å²) in [5, 5.41) is 28.2. The van der Waals surface area contributed by atoms with E-state index in [1.165, 1.54) is 12.1 Å². The molecule has 0 unspecified atom stereocenters. The molecule has 0 heterocycles. The van der Waals surface area contributed by atoms with E-state index < -0.39 is 0 Å². The second-order valence-electron chi connectivity index (χ2n) is 5.26. The van der Waals surface area contributed by atoms with Crippen molar-refractivity contribution in [2.24, 2.45) is 5.92 Å². The minimum absolute atomic E-state index is 0.00611. The summed E-state index contributed by atoms with van der Waals surface area (Å²) in [5.41, 5.74) is 0.730. The van der Waals surface area contributed by atoms with Crippen molar-refractivity contribution in [1.29, 1.82) is 0 Å². The maximum atomic E-state index is 11.7. The molecule has 1 fully saturated rings. The maximum Gasteiger partial charge on any atom is 0.133 e. The van der Waals surface area contributed by atoms with Gasteiger partial charge in [0.1, 0.15) is 17.3 Å². The zero-order valence-corrected chi connectivity index (χ0v) is 10.9. The number of benzene rings is 1. The van der Waals surface area contributed by atoms with Gasteiger partial charge in [0.05, 0.1) is 0 Å². The molecule has 19 heavy (non-hydrogen) atoms. The number of aliphatic hydroxyl groups is 1. The van der Waals surface area contributed by atoms with Gasteiger partial charge >= 0.3 is 0 Å². The molecule has 3 N–H and O–H groups in total. The summed E-state index contributed by atoms with van der Waals surface area (Å²) in [6.45, 7) is 0.152. The molecular formula is C15H20O4. The van der Waals surface area contributed by atoms with E-state index >= 15 is 0 Å². The summed E-state index contributed by atoms with van der Waals surface area (Å²) in [6, 6.07) is 4.55. The molecule has 104 valence electrons. The summed E-state index contributed by atoms with van der Waals surface area (Å²) in [5.74, 6) is 0.593. The van der Waals surface area contributed by atoms with Gasteiger partial charge in [0.15, 0.2) is 0 Å². The van der Waals surface area contributed by atoms with E-state index in [1.54, 1.807) is 6.07 Å². The second kappa shape index (κ2) is 6.06. The fourth-order valence-electron chi connectivity index (χ4n) is 2.97. The Morgan fingerprint density at radius 3 is 2.74 bits per heavy atom. The van der Waals surface area contributed by atoms with Crippen molar-refractivity contribution in [3.05, 3.63) is 23.8 Å². The standard InChI is InChI=1S/C15H20O4/c16-7-1-2-10-3-4-11(17)8-14(10)13-6-5-12(18)9-15(13)19/h5-6,9-10,14,16,18-19H,1-4,7-8H2/t10-,14-/m0/s1. The molecule has 0 aromatic heterocycles. The van der Waals surface area contributed by atoms with E-state index in [0.717, 1.165) is 18.4 Å². The van der Waals surface area contributed by atoms with Gasteiger partial charge < -0.3 is 15.3 Å². The van der Waals surface area contributed by atoms with Crippen LogP contribution in [-0.2, 0) is 4.79 Å². The number of phenolic OH excluding ortho intramolecular Hbond substituents is 2. The number of carbonyl (C=O) groups is 1. The Bertz CT molecular complexity index is 455. The molecule has 0 amide bonds. The van der Waals surface area contributed by atoms with Crippen LogP contribution in [0.25, 0.3) is 0 Å². The van der Waals surface area contributed by atoms with Gasteiger partial charge in [0, 0.05) is 25.5 Å². The van der Waals surface area contributed by atoms with Crippen LogP contribution in [0.4, 0.5) is 0 Å². The average molecular weight is 264 g/mol. The zero-order valence-electron chi connectivity index (χ0n) is 10.9. The molecule has 1 aliphatic carbocycles. The summed E-state index contributed by atoms with van der Waals surface area (Å²) < 4.78 is 0. The Labute approximate surface area is 112 Å². The van der Waals surface area contributed by atoms with Gasteiger partial charge in [0.25, 0.3) is 0 Å². The van der Waals surface area contributed by atoms with Crippen molar-refractivity contribution >= 4 is 5.78 Å². The third-order valence-electron chi connectivity index (χ3n) is 3.96. The summed E-state index contributed by atoms with van der Waals surface area (Å²) in [6.07, 6.45) is 3.41. The summed E-state index contributed by atoms with van der Waals surface area (Å²) >= 11 is 0. The molecule has 4 nitrogen and oxygen atoms in total. The summed E-state index contributed by atoms with van der Waals surface area (Å²) in [7, 11) is 0. The predicted octanol–water partition coefficient (Wildman–Crippen LogP) is 2.32. The molecule has 1 aromatic rings. The van der Waals surface area contributed by atoms with Crippen LogP contribution in [0.3, 0.4) is 0 Å². The van der Waals surface area contributed by atoms with Crippen LogP contribution in [0.1, 0.15) is 43.6 Å². The fraction of sp³-hybridized carbons (Fsp3) is 0.533. The lowest BCUT2D eigenvalue weighted by atomic mass is 9.73. The number of rotatable bonds is 4. The number of phenols is 2. The van der Waals surface area contributed by atoms with Crippen molar-refractivity contribution in [3.8, 4) is 11.5 Å². The molecule has 1 aliphatic rings. The van der Waals surface area contributed by atoms with E-state index in [2.05, 4.69) is 0 Å². The van der Waals surface area contributed by atoms with Gasteiger partial charge in [-0.05, 0) is 42.7 Å². The van der Waals surface area contributed by atoms with Gasteiger partial charge in [-0.25, -0.2) is 0 Å². The molecule has 4 heteroatoms. The van der Waals surface area contributed by atoms with Crippen molar-refractivity contribution in [3.63, 3.8) is 0 Å². The van der Waals surface area contributed by atoms with Gasteiger partial charge in [-0.1, -0.05) is 6.07 Å². The van der Waals surface area contributed by atoms with Crippen LogP contribution in [-0.4, -0.2) is 27.7 Å². The Balaban J connectivity index is 2.23. The molecule has 2 rings (SSSR count). The highest BCUT2D eigenvalue weighted by molar-refractivity contribution is 5.80. The number of Topliss-reactive ketones (excluding diaryl/α,β-unsaturated/α-hetero) is 1. The number of aliphatic hydroxyl groups excluding tert-OH is 1. The molecule has 0 aliphatic heterocycles. The second-order valence-corrected chi connectivity index (χ2v) is 5.26. The quantitative estimate of drug-likeness (QED) is 0.780. The van der Waals surface area contributed by atoms with Crippen LogP contribution >= 0.6 is 0 Å². The molecule has 0 bridgehead atoms. The van der Waals surface area contributed by atoms with Gasteiger partial charge in [-0.15, -0.1) is 0 Å². The lowest BCUT2D eigenvalue weighted by Crippen LogP contribution is -2.23. The van der Waals surface area contributed by atoms with Crippen LogP contribution < -0.4 is 0 Å². The lowest BCUT2D eigenvalue weighted by molar-refractivity contribution is -0.121. The zero-order chi connectivity index (χ0) is 13.8. The van der Waals surface area contributed by atoms with Crippen molar-refractivity contribution in [1.82, 2.24) is 0 Å². The van der Waals surface area contributed by atoms with Crippen LogP contribution in [0.15, 0.2) is 18.2 Å². The normalized spacial score (nSPS) is 23.5. The smallest absolute Gasteiger partial charge is 0.133 e. The van der Waals surface area contributed by atoms with E-state index in [0.29, 0.717) is 25.2 Å². The highest BCUT2D eigenvalue weighted by Gasteiger charge is 2.31. The van der Waals surface area contributed by atoms with Crippen LogP contribution in [0.5, 0.6) is 11.5 Å². The third kappa shape index (κ3) is 3.26. The SMILES string of the molecule is O=C1CC[C@H](CCCO)[C@@H](c2ccc(O)cc2O)C1. The lowest BCUT2D eigenvalue weighted by Gasteiger charge is -2.31. The van der Waals surface area contributed by atoms with Crippen molar-refractivity contribution in [2.45, 2.75) is 38.0 Å². The molecule has 0 saturated heterocycles. The van der Waals surface area contributed by atoms with Crippen molar-refractivity contribution in [2.75, 3.05) is 6.61 Å². The van der Waals surface area contributed by atoms with E-state index in [4.69, 9.17) is 5.11 Å². The average Bonchev–Trinajstić information content (AvgIpc) is 2.37. The minimum atomic E-state index is -0.00611. The molecule has 2 atom stereocenters. The number of carbonyl (C=O) groups excluding carboxylic acids is 1. The number of ketones is 1. The van der Waals surface area contributed by atoms with E-state index in [1.807, 2.05) is 0 Å². The monoisotopic (exact) mass is 264 g/mol. The van der Waals surface area contributed by atoms with Gasteiger partial charge in [-0.2, -0.15) is 0 Å². The molecule has 0 spiro atoms. The molecule has 1 saturated carbocycles. The highest BCUT2D eigenvalue weighted by Crippen LogP contribution is 2.42. The third-order valence-corrected chi connectivity index (χ3v) is 3.96. The van der Waals surface area contributed by atoms with Crippen molar-refractivity contribution < 1.29 is 20.1 Å². The Morgan fingerprint density at radius 1 is 1.26 bits per heavy atom. The van der Waals surface area contributed by atoms with E-state index in [9.17, 15) is 15.0 Å². The molecule has 1 aromatic carbocycles. The predicted molar refractivity (Wildman–Crippen MR) is 71.2 cm³/mol. The van der Waals surface area contributed by atoms with Gasteiger partial charge in [-0.3, -0.25) is 4.79 Å². The first-order valence-electron chi connectivity index (χ1n) is 6.76. The topological polar surface area (TPSA) is 77.8 Å².